The van der Waals surface area contributed by atoms with E-state index in [4.69, 9.17) is 19.4 Å². The molecule has 0 aliphatic rings. The molecule has 0 radical (unpaired) electrons. The lowest BCUT2D eigenvalue weighted by molar-refractivity contribution is 0.628. The maximum atomic E-state index is 14.0. The molecule has 3 aromatic heterocycles. The van der Waals surface area contributed by atoms with Gasteiger partial charge in [-0.3, -0.25) is 4.57 Å². The van der Waals surface area contributed by atoms with Crippen LogP contribution in [0.25, 0.3) is 72.5 Å². The molecular weight excluding hydrogens is 559 g/mol. The lowest BCUT2D eigenvalue weighted by atomic mass is 9.92. The molecule has 45 heavy (non-hydrogen) atoms. The molecule has 0 atom stereocenters. The predicted octanol–water partition coefficient (Wildman–Crippen LogP) is 10.6. The van der Waals surface area contributed by atoms with Gasteiger partial charge in [-0.05, 0) is 76.6 Å². The van der Waals surface area contributed by atoms with Gasteiger partial charge in [0, 0.05) is 10.8 Å². The molecule has 3 heterocycles. The van der Waals surface area contributed by atoms with E-state index in [1.807, 2.05) is 48.5 Å². The van der Waals surface area contributed by atoms with Crippen LogP contribution in [0.5, 0.6) is 0 Å². The van der Waals surface area contributed by atoms with Crippen LogP contribution in [-0.2, 0) is 0 Å². The highest BCUT2D eigenvalue weighted by Gasteiger charge is 2.26. The standard InChI is InChI=1S/C39H31FN4O/c1-22(2)27-12-8-13-28(23(3)4)35(27)44-38(43-37-39(44)42-33-17-6-5-16-32(33)41-37)31-15-9-14-30-29-19-18-25(21-34(29)45-36(30)31)24-10-7-11-26(40)20-24/h5-23H,1-4H3. The van der Waals surface area contributed by atoms with Gasteiger partial charge < -0.3 is 4.42 Å². The Hall–Kier alpha value is -5.36. The fourth-order valence-electron chi connectivity index (χ4n) is 6.44. The number of imidazole rings is 1. The largest absolute Gasteiger partial charge is 0.455 e. The maximum absolute atomic E-state index is 14.0. The second-order valence-corrected chi connectivity index (χ2v) is 12.2. The molecule has 6 heteroatoms. The summed E-state index contributed by atoms with van der Waals surface area (Å²) in [5.74, 6) is 0.988. The van der Waals surface area contributed by atoms with Crippen LogP contribution in [0.3, 0.4) is 0 Å². The lowest BCUT2D eigenvalue weighted by Gasteiger charge is -2.22. The van der Waals surface area contributed by atoms with Gasteiger partial charge in [-0.15, -0.1) is 0 Å². The van der Waals surface area contributed by atoms with Crippen LogP contribution in [0.1, 0.15) is 50.7 Å². The normalized spacial score (nSPS) is 12.1. The first kappa shape index (κ1) is 27.2. The zero-order valence-electron chi connectivity index (χ0n) is 25.5. The van der Waals surface area contributed by atoms with Gasteiger partial charge in [0.15, 0.2) is 17.1 Å². The summed E-state index contributed by atoms with van der Waals surface area (Å²) in [6, 6.07) is 33.3. The van der Waals surface area contributed by atoms with Crippen molar-refractivity contribution >= 4 is 44.3 Å². The zero-order chi connectivity index (χ0) is 30.8. The van der Waals surface area contributed by atoms with E-state index in [0.717, 1.165) is 61.2 Å². The summed E-state index contributed by atoms with van der Waals surface area (Å²) in [4.78, 5) is 15.3. The van der Waals surface area contributed by atoms with Crippen molar-refractivity contribution in [1.29, 1.82) is 0 Å². The molecule has 0 spiro atoms. The van der Waals surface area contributed by atoms with Gasteiger partial charge in [0.25, 0.3) is 0 Å². The molecule has 220 valence electrons. The highest BCUT2D eigenvalue weighted by molar-refractivity contribution is 6.10. The summed E-state index contributed by atoms with van der Waals surface area (Å²) >= 11 is 0. The van der Waals surface area contributed by atoms with Crippen LogP contribution < -0.4 is 0 Å². The van der Waals surface area contributed by atoms with E-state index in [1.54, 1.807) is 12.1 Å². The molecule has 0 bridgehead atoms. The van der Waals surface area contributed by atoms with Crippen molar-refractivity contribution in [3.8, 4) is 28.2 Å². The number of nitrogens with zero attached hydrogens (tertiary/aromatic N) is 4. The summed E-state index contributed by atoms with van der Waals surface area (Å²) < 4.78 is 22.9. The monoisotopic (exact) mass is 590 g/mol. The average Bonchev–Trinajstić information content (AvgIpc) is 3.60. The maximum Gasteiger partial charge on any atom is 0.199 e. The first-order chi connectivity index (χ1) is 21.9. The van der Waals surface area contributed by atoms with Crippen molar-refractivity contribution < 1.29 is 8.81 Å². The van der Waals surface area contributed by atoms with Gasteiger partial charge >= 0.3 is 0 Å². The highest BCUT2D eigenvalue weighted by atomic mass is 19.1. The van der Waals surface area contributed by atoms with E-state index in [-0.39, 0.29) is 17.7 Å². The number of para-hydroxylation sites is 4. The van der Waals surface area contributed by atoms with E-state index in [0.29, 0.717) is 11.3 Å². The molecule has 0 N–H and O–H groups in total. The van der Waals surface area contributed by atoms with E-state index in [1.165, 1.54) is 17.2 Å². The quantitative estimate of drug-likeness (QED) is 0.200. The number of halogens is 1. The smallest absolute Gasteiger partial charge is 0.199 e. The van der Waals surface area contributed by atoms with E-state index < -0.39 is 0 Å². The van der Waals surface area contributed by atoms with Crippen LogP contribution in [0, 0.1) is 5.82 Å². The zero-order valence-corrected chi connectivity index (χ0v) is 25.5. The van der Waals surface area contributed by atoms with Crippen LogP contribution >= 0.6 is 0 Å². The number of aromatic nitrogens is 4. The Balaban J connectivity index is 1.45. The molecular formula is C39H31FN4O. The molecule has 8 aromatic rings. The topological polar surface area (TPSA) is 56.7 Å². The minimum atomic E-state index is -0.268. The third-order valence-electron chi connectivity index (χ3n) is 8.63. The third-order valence-corrected chi connectivity index (χ3v) is 8.63. The average molecular weight is 591 g/mol. The van der Waals surface area contributed by atoms with E-state index >= 15 is 0 Å². The van der Waals surface area contributed by atoms with Gasteiger partial charge in [-0.2, -0.15) is 0 Å². The van der Waals surface area contributed by atoms with E-state index in [9.17, 15) is 4.39 Å². The van der Waals surface area contributed by atoms with Crippen molar-refractivity contribution in [1.82, 2.24) is 19.5 Å². The Labute approximate surface area is 260 Å². The number of benzene rings is 5. The van der Waals surface area contributed by atoms with E-state index in [2.05, 4.69) is 68.7 Å². The molecule has 0 aliphatic carbocycles. The van der Waals surface area contributed by atoms with Gasteiger partial charge in [0.1, 0.15) is 17.0 Å². The molecule has 0 unspecified atom stereocenters. The van der Waals surface area contributed by atoms with Crippen molar-refractivity contribution in [3.63, 3.8) is 0 Å². The Morgan fingerprint density at radius 1 is 0.644 bits per heavy atom. The number of rotatable bonds is 5. The number of hydrogen-bond acceptors (Lipinski definition) is 4. The van der Waals surface area contributed by atoms with Gasteiger partial charge in [0.05, 0.1) is 22.3 Å². The number of hydrogen-bond donors (Lipinski definition) is 0. The van der Waals surface area contributed by atoms with Gasteiger partial charge in [-0.1, -0.05) is 88.4 Å². The second-order valence-electron chi connectivity index (χ2n) is 12.2. The minimum absolute atomic E-state index is 0.264. The first-order valence-corrected chi connectivity index (χ1v) is 15.4. The van der Waals surface area contributed by atoms with Crippen molar-refractivity contribution in [2.45, 2.75) is 39.5 Å². The molecule has 5 aromatic carbocycles. The number of furan rings is 1. The van der Waals surface area contributed by atoms with Crippen molar-refractivity contribution in [2.24, 2.45) is 0 Å². The fraction of sp³-hybridized carbons (Fsp3) is 0.154. The molecule has 0 amide bonds. The van der Waals surface area contributed by atoms with Crippen molar-refractivity contribution in [2.75, 3.05) is 0 Å². The van der Waals surface area contributed by atoms with Crippen molar-refractivity contribution in [3.05, 3.63) is 120 Å². The Morgan fingerprint density at radius 2 is 1.33 bits per heavy atom. The summed E-state index contributed by atoms with van der Waals surface area (Å²) in [6.45, 7) is 8.88. The lowest BCUT2D eigenvalue weighted by Crippen LogP contribution is -2.09. The second kappa shape index (κ2) is 10.4. The molecule has 5 nitrogen and oxygen atoms in total. The summed E-state index contributed by atoms with van der Waals surface area (Å²) in [6.07, 6.45) is 0. The molecule has 0 aliphatic heterocycles. The minimum Gasteiger partial charge on any atom is -0.455 e. The first-order valence-electron chi connectivity index (χ1n) is 15.4. The summed E-state index contributed by atoms with van der Waals surface area (Å²) in [5, 5.41) is 1.97. The molecule has 0 saturated heterocycles. The predicted molar refractivity (Wildman–Crippen MR) is 180 cm³/mol. The fourth-order valence-corrected chi connectivity index (χ4v) is 6.44. The third kappa shape index (κ3) is 4.40. The molecule has 8 rings (SSSR count). The highest BCUT2D eigenvalue weighted by Crippen LogP contribution is 2.41. The molecule has 0 fully saturated rings. The SMILES string of the molecule is CC(C)c1cccc(C(C)C)c1-n1c(-c2cccc3c2oc2cc(-c4cccc(F)c4)ccc23)nc2nc3ccccc3nc21. The van der Waals surface area contributed by atoms with Crippen LogP contribution in [0.4, 0.5) is 4.39 Å². The Kier molecular flexibility index (Phi) is 6.27. The Bertz CT molecular complexity index is 2390. The van der Waals surface area contributed by atoms with Gasteiger partial charge in [-0.25, -0.2) is 19.3 Å². The van der Waals surface area contributed by atoms with Crippen LogP contribution in [0.2, 0.25) is 0 Å². The van der Waals surface area contributed by atoms with Crippen LogP contribution in [-0.4, -0.2) is 19.5 Å². The van der Waals surface area contributed by atoms with Crippen LogP contribution in [0.15, 0.2) is 108 Å². The summed E-state index contributed by atoms with van der Waals surface area (Å²) in [7, 11) is 0. The van der Waals surface area contributed by atoms with Gasteiger partial charge in [0.2, 0.25) is 0 Å². The molecule has 0 saturated carbocycles. The Morgan fingerprint density at radius 3 is 2.07 bits per heavy atom. The summed E-state index contributed by atoms with van der Waals surface area (Å²) in [5.41, 5.74) is 10.4. The number of fused-ring (bicyclic) bond motifs is 5.